The van der Waals surface area contributed by atoms with Gasteiger partial charge >= 0.3 is 0 Å². The molecule has 0 amide bonds. The van der Waals surface area contributed by atoms with Crippen LogP contribution in [0.2, 0.25) is 0 Å². The maximum atomic E-state index is 5.21. The number of hydrogen-bond acceptors (Lipinski definition) is 4. The Balaban J connectivity index is 1.78. The van der Waals surface area contributed by atoms with Crippen molar-refractivity contribution in [2.75, 3.05) is 5.32 Å². The molecule has 1 aliphatic carbocycles. The predicted octanol–water partition coefficient (Wildman–Crippen LogP) is 3.73. The molecule has 0 aliphatic heterocycles. The van der Waals surface area contributed by atoms with Crippen LogP contribution in [-0.4, -0.2) is 20.4 Å². The number of aromatic nitrogens is 3. The molecule has 0 aromatic carbocycles. The van der Waals surface area contributed by atoms with Crippen molar-refractivity contribution in [3.63, 3.8) is 0 Å². The number of nitrogens with zero attached hydrogens (tertiary/aromatic N) is 3. The molecule has 3 heterocycles. The molecule has 0 unspecified atom stereocenters. The fourth-order valence-corrected chi connectivity index (χ4v) is 3.07. The van der Waals surface area contributed by atoms with E-state index in [0.717, 1.165) is 17.1 Å². The van der Waals surface area contributed by atoms with Crippen molar-refractivity contribution in [3.05, 3.63) is 37.1 Å². The molecule has 1 N–H and O–H groups in total. The van der Waals surface area contributed by atoms with Gasteiger partial charge in [0.15, 0.2) is 0 Å². The van der Waals surface area contributed by atoms with E-state index in [9.17, 15) is 0 Å². The number of hydrogen-bond donors (Lipinski definition) is 1. The molecule has 0 spiro atoms. The van der Waals surface area contributed by atoms with Gasteiger partial charge in [-0.2, -0.15) is 0 Å². The van der Waals surface area contributed by atoms with Gasteiger partial charge in [-0.3, -0.25) is 4.40 Å². The number of rotatable bonds is 3. The predicted molar refractivity (Wildman–Crippen MR) is 81.2 cm³/mol. The zero-order chi connectivity index (χ0) is 14.1. The Hall–Kier alpha value is -2.30. The highest BCUT2D eigenvalue weighted by Crippen LogP contribution is 2.31. The molecular weight excluding hydrogens is 264 g/mol. The number of imidazole rings is 1. The number of fused-ring (bicyclic) bond motifs is 1. The summed E-state index contributed by atoms with van der Waals surface area (Å²) in [5.41, 5.74) is 1.90. The maximum Gasteiger partial charge on any atom is 0.235 e. The molecule has 1 saturated carbocycles. The zero-order valence-electron chi connectivity index (χ0n) is 11.8. The second-order valence-electron chi connectivity index (χ2n) is 5.59. The molecule has 0 radical (unpaired) electrons. The van der Waals surface area contributed by atoms with Crippen LogP contribution >= 0.6 is 0 Å². The molecule has 0 atom stereocenters. The van der Waals surface area contributed by atoms with Crippen LogP contribution in [0.1, 0.15) is 32.1 Å². The highest BCUT2D eigenvalue weighted by Gasteiger charge is 2.20. The van der Waals surface area contributed by atoms with Crippen LogP contribution in [0.15, 0.2) is 41.5 Å². The standard InChI is InChI=1S/C16H18N4O/c1-2-5-13(6-3-1)18-15-14(12-7-10-21-11-12)19-16-17-8-4-9-20(15)16/h4,7-11,13,18H,1-3,5-6H2. The fourth-order valence-electron chi connectivity index (χ4n) is 3.07. The van der Waals surface area contributed by atoms with Crippen LogP contribution in [0.4, 0.5) is 5.82 Å². The maximum absolute atomic E-state index is 5.21. The molecule has 1 fully saturated rings. The summed E-state index contributed by atoms with van der Waals surface area (Å²) >= 11 is 0. The highest BCUT2D eigenvalue weighted by molar-refractivity contribution is 5.75. The van der Waals surface area contributed by atoms with E-state index in [-0.39, 0.29) is 0 Å². The first-order valence-corrected chi connectivity index (χ1v) is 7.54. The summed E-state index contributed by atoms with van der Waals surface area (Å²) in [5, 5.41) is 3.68. The molecule has 3 aromatic rings. The van der Waals surface area contributed by atoms with Gasteiger partial charge in [0.25, 0.3) is 0 Å². The Morgan fingerprint density at radius 3 is 2.95 bits per heavy atom. The average Bonchev–Trinajstić information content (AvgIpc) is 3.16. The van der Waals surface area contributed by atoms with Gasteiger partial charge in [0.1, 0.15) is 11.5 Å². The zero-order valence-corrected chi connectivity index (χ0v) is 11.8. The van der Waals surface area contributed by atoms with Crippen molar-refractivity contribution in [3.8, 4) is 11.3 Å². The Kier molecular flexibility index (Phi) is 3.10. The molecule has 3 aromatic heterocycles. The van der Waals surface area contributed by atoms with Crippen LogP contribution in [-0.2, 0) is 0 Å². The molecule has 0 saturated heterocycles. The summed E-state index contributed by atoms with van der Waals surface area (Å²) in [6.45, 7) is 0. The fraction of sp³-hybridized carbons (Fsp3) is 0.375. The summed E-state index contributed by atoms with van der Waals surface area (Å²) in [7, 11) is 0. The van der Waals surface area contributed by atoms with Crippen LogP contribution in [0.3, 0.4) is 0 Å². The summed E-state index contributed by atoms with van der Waals surface area (Å²) in [6, 6.07) is 4.39. The average molecular weight is 282 g/mol. The first-order chi connectivity index (χ1) is 10.4. The van der Waals surface area contributed by atoms with Crippen molar-refractivity contribution in [1.29, 1.82) is 0 Å². The lowest BCUT2D eigenvalue weighted by atomic mass is 9.95. The minimum atomic E-state index is 0.518. The van der Waals surface area contributed by atoms with Crippen LogP contribution < -0.4 is 5.32 Å². The highest BCUT2D eigenvalue weighted by atomic mass is 16.3. The van der Waals surface area contributed by atoms with Crippen LogP contribution in [0, 0.1) is 0 Å². The third kappa shape index (κ3) is 2.28. The third-order valence-corrected chi connectivity index (χ3v) is 4.14. The summed E-state index contributed by atoms with van der Waals surface area (Å²) < 4.78 is 7.24. The van der Waals surface area contributed by atoms with E-state index in [1.807, 2.05) is 22.7 Å². The molecular formula is C16H18N4O. The summed E-state index contributed by atoms with van der Waals surface area (Å²) in [5.74, 6) is 1.73. The van der Waals surface area contributed by atoms with Gasteiger partial charge in [-0.15, -0.1) is 0 Å². The van der Waals surface area contributed by atoms with E-state index in [1.165, 1.54) is 32.1 Å². The van der Waals surface area contributed by atoms with E-state index in [1.54, 1.807) is 18.7 Å². The Labute approximate surface area is 123 Å². The summed E-state index contributed by atoms with van der Waals surface area (Å²) in [4.78, 5) is 9.00. The van der Waals surface area contributed by atoms with Crippen molar-refractivity contribution in [2.45, 2.75) is 38.1 Å². The normalized spacial score (nSPS) is 16.4. The van der Waals surface area contributed by atoms with Gasteiger partial charge in [-0.1, -0.05) is 19.3 Å². The Morgan fingerprint density at radius 2 is 2.14 bits per heavy atom. The third-order valence-electron chi connectivity index (χ3n) is 4.14. The SMILES string of the molecule is c1cnc2nc(-c3ccoc3)c(NC3CCCCC3)n2c1. The van der Waals surface area contributed by atoms with Gasteiger partial charge in [-0.05, 0) is 25.0 Å². The first kappa shape index (κ1) is 12.4. The van der Waals surface area contributed by atoms with E-state index in [4.69, 9.17) is 4.42 Å². The van der Waals surface area contributed by atoms with E-state index in [2.05, 4.69) is 15.3 Å². The molecule has 108 valence electrons. The monoisotopic (exact) mass is 282 g/mol. The second-order valence-corrected chi connectivity index (χ2v) is 5.59. The molecule has 21 heavy (non-hydrogen) atoms. The van der Waals surface area contributed by atoms with Gasteiger partial charge in [0, 0.05) is 24.0 Å². The minimum absolute atomic E-state index is 0.518. The van der Waals surface area contributed by atoms with Gasteiger partial charge in [0.05, 0.1) is 12.5 Å². The van der Waals surface area contributed by atoms with Gasteiger partial charge < -0.3 is 9.73 Å². The van der Waals surface area contributed by atoms with E-state index in [0.29, 0.717) is 11.8 Å². The van der Waals surface area contributed by atoms with Crippen LogP contribution in [0.5, 0.6) is 0 Å². The first-order valence-electron chi connectivity index (χ1n) is 7.54. The van der Waals surface area contributed by atoms with Crippen molar-refractivity contribution in [2.24, 2.45) is 0 Å². The van der Waals surface area contributed by atoms with Crippen molar-refractivity contribution < 1.29 is 4.42 Å². The van der Waals surface area contributed by atoms with Crippen molar-refractivity contribution in [1.82, 2.24) is 14.4 Å². The minimum Gasteiger partial charge on any atom is -0.472 e. The van der Waals surface area contributed by atoms with Crippen LogP contribution in [0.25, 0.3) is 17.0 Å². The quantitative estimate of drug-likeness (QED) is 0.795. The Morgan fingerprint density at radius 1 is 1.24 bits per heavy atom. The lowest BCUT2D eigenvalue weighted by molar-refractivity contribution is 0.461. The van der Waals surface area contributed by atoms with Crippen molar-refractivity contribution >= 4 is 11.6 Å². The lowest BCUT2D eigenvalue weighted by Gasteiger charge is -2.23. The largest absolute Gasteiger partial charge is 0.472 e. The Bertz CT molecular complexity index is 726. The van der Waals surface area contributed by atoms with E-state index < -0.39 is 0 Å². The molecule has 5 nitrogen and oxygen atoms in total. The summed E-state index contributed by atoms with van der Waals surface area (Å²) in [6.07, 6.45) is 13.6. The topological polar surface area (TPSA) is 55.4 Å². The smallest absolute Gasteiger partial charge is 0.235 e. The number of furan rings is 1. The second kappa shape index (κ2) is 5.24. The number of nitrogens with one attached hydrogen (secondary N) is 1. The molecule has 4 rings (SSSR count). The molecule has 1 aliphatic rings. The van der Waals surface area contributed by atoms with Gasteiger partial charge in [-0.25, -0.2) is 9.97 Å². The van der Waals surface area contributed by atoms with Gasteiger partial charge in [0.2, 0.25) is 5.78 Å². The molecule has 0 bridgehead atoms. The van der Waals surface area contributed by atoms with E-state index >= 15 is 0 Å². The molecule has 5 heteroatoms. The lowest BCUT2D eigenvalue weighted by Crippen LogP contribution is -2.23. The number of anilines is 1.